The fourth-order valence-electron chi connectivity index (χ4n) is 3.48. The molecule has 4 rings (SSSR count). The lowest BCUT2D eigenvalue weighted by Gasteiger charge is -2.18. The molecule has 0 saturated carbocycles. The van der Waals surface area contributed by atoms with Crippen molar-refractivity contribution >= 4 is 39.3 Å². The van der Waals surface area contributed by atoms with Crippen molar-refractivity contribution in [3.8, 4) is 5.69 Å². The van der Waals surface area contributed by atoms with Gasteiger partial charge in [-0.1, -0.05) is 23.9 Å². The Balaban J connectivity index is 2.04. The first-order valence-electron chi connectivity index (χ1n) is 8.89. The molecule has 0 spiro atoms. The molecule has 7 heteroatoms. The predicted octanol–water partition coefficient (Wildman–Crippen LogP) is 2.78. The molecular weight excluding hydrogens is 380 g/mol. The molecule has 3 aromatic rings. The highest BCUT2D eigenvalue weighted by molar-refractivity contribution is 8.00. The van der Waals surface area contributed by atoms with Crippen LogP contribution >= 0.6 is 23.1 Å². The number of thioether (sulfide) groups is 1. The van der Waals surface area contributed by atoms with Crippen LogP contribution in [0.2, 0.25) is 0 Å². The second kappa shape index (κ2) is 6.80. The molecule has 5 nitrogen and oxygen atoms in total. The molecule has 1 aromatic carbocycles. The van der Waals surface area contributed by atoms with Crippen molar-refractivity contribution in [2.45, 2.75) is 50.4 Å². The summed E-state index contributed by atoms with van der Waals surface area (Å²) in [6.45, 7) is 5.47. The van der Waals surface area contributed by atoms with Gasteiger partial charge in [-0.15, -0.1) is 11.3 Å². The maximum Gasteiger partial charge on any atom is 0.267 e. The summed E-state index contributed by atoms with van der Waals surface area (Å²) in [4.78, 5) is 31.5. The largest absolute Gasteiger partial charge is 0.549 e. The molecule has 0 amide bonds. The molecule has 0 N–H and O–H groups in total. The zero-order valence-electron chi connectivity index (χ0n) is 15.4. The van der Waals surface area contributed by atoms with Gasteiger partial charge in [0.2, 0.25) is 0 Å². The number of benzene rings is 1. The summed E-state index contributed by atoms with van der Waals surface area (Å²) < 4.78 is 1.58. The van der Waals surface area contributed by atoms with Gasteiger partial charge in [-0.2, -0.15) is 0 Å². The van der Waals surface area contributed by atoms with Gasteiger partial charge < -0.3 is 9.90 Å². The quantitative estimate of drug-likeness (QED) is 0.498. The van der Waals surface area contributed by atoms with Gasteiger partial charge in [0.25, 0.3) is 5.56 Å². The Labute approximate surface area is 165 Å². The van der Waals surface area contributed by atoms with Gasteiger partial charge in [-0.05, 0) is 62.8 Å². The standard InChI is InChI=1S/C20H20N2O3S2/c1-10-7-8-11(2)14(9-10)22-18(23)16-13-5-4-6-15(13)27-17(16)21-20(22)26-12(3)19(24)25/h7-9,12H,4-6H2,1-3H3,(H,24,25)/p-1/t12-/m1/s1. The number of nitrogens with zero attached hydrogens (tertiary/aromatic N) is 2. The second-order valence-electron chi connectivity index (χ2n) is 6.94. The van der Waals surface area contributed by atoms with E-state index in [-0.39, 0.29) is 5.56 Å². The fourth-order valence-corrected chi connectivity index (χ4v) is 5.64. The summed E-state index contributed by atoms with van der Waals surface area (Å²) in [6.07, 6.45) is 2.95. The summed E-state index contributed by atoms with van der Waals surface area (Å²) in [5, 5.41) is 11.6. The number of fused-ring (bicyclic) bond motifs is 3. The molecule has 1 aliphatic carbocycles. The maximum absolute atomic E-state index is 13.5. The third-order valence-corrected chi connectivity index (χ3v) is 7.14. The van der Waals surface area contributed by atoms with E-state index in [1.807, 2.05) is 32.0 Å². The van der Waals surface area contributed by atoms with E-state index < -0.39 is 11.2 Å². The van der Waals surface area contributed by atoms with Crippen LogP contribution < -0.4 is 10.7 Å². The topological polar surface area (TPSA) is 75.0 Å². The minimum absolute atomic E-state index is 0.110. The molecule has 1 aliphatic rings. The van der Waals surface area contributed by atoms with Gasteiger partial charge >= 0.3 is 0 Å². The van der Waals surface area contributed by atoms with Gasteiger partial charge in [-0.3, -0.25) is 9.36 Å². The van der Waals surface area contributed by atoms with Crippen molar-refractivity contribution < 1.29 is 9.90 Å². The Hall–Kier alpha value is -2.12. The monoisotopic (exact) mass is 399 g/mol. The number of carbonyl (C=O) groups is 1. The number of rotatable bonds is 4. The Kier molecular flexibility index (Phi) is 4.60. The van der Waals surface area contributed by atoms with Crippen LogP contribution in [0.15, 0.2) is 28.2 Å². The minimum Gasteiger partial charge on any atom is -0.549 e. The average molecular weight is 400 g/mol. The highest BCUT2D eigenvalue weighted by atomic mass is 32.2. The number of carboxylic acids is 1. The molecule has 0 unspecified atom stereocenters. The van der Waals surface area contributed by atoms with Crippen LogP contribution in [0, 0.1) is 13.8 Å². The number of aromatic nitrogens is 2. The predicted molar refractivity (Wildman–Crippen MR) is 107 cm³/mol. The van der Waals surface area contributed by atoms with Crippen molar-refractivity contribution in [1.82, 2.24) is 9.55 Å². The lowest BCUT2D eigenvalue weighted by atomic mass is 10.1. The molecule has 0 saturated heterocycles. The Morgan fingerprint density at radius 3 is 2.85 bits per heavy atom. The van der Waals surface area contributed by atoms with Gasteiger partial charge in [0.1, 0.15) is 4.83 Å². The van der Waals surface area contributed by atoms with Gasteiger partial charge in [-0.25, -0.2) is 4.98 Å². The molecule has 0 bridgehead atoms. The van der Waals surface area contributed by atoms with E-state index in [4.69, 9.17) is 4.98 Å². The number of thiophene rings is 1. The second-order valence-corrected chi connectivity index (χ2v) is 9.33. The van der Waals surface area contributed by atoms with Crippen molar-refractivity contribution in [3.63, 3.8) is 0 Å². The Morgan fingerprint density at radius 1 is 1.33 bits per heavy atom. The molecule has 2 aromatic heterocycles. The van der Waals surface area contributed by atoms with Gasteiger partial charge in [0.05, 0.1) is 17.0 Å². The van der Waals surface area contributed by atoms with Crippen LogP contribution in [0.5, 0.6) is 0 Å². The summed E-state index contributed by atoms with van der Waals surface area (Å²) in [7, 11) is 0. The van der Waals surface area contributed by atoms with E-state index in [0.717, 1.165) is 53.4 Å². The number of aliphatic carboxylic acids is 1. The number of hydrogen-bond acceptors (Lipinski definition) is 6. The van der Waals surface area contributed by atoms with Crippen molar-refractivity contribution in [2.75, 3.05) is 0 Å². The maximum atomic E-state index is 13.5. The minimum atomic E-state index is -1.17. The first-order valence-corrected chi connectivity index (χ1v) is 10.6. The SMILES string of the molecule is Cc1ccc(C)c(-n2c(S[C@H](C)C(=O)[O-])nc3sc4c(c3c2=O)CCC4)c1. The summed E-state index contributed by atoms with van der Waals surface area (Å²) in [5.74, 6) is -1.17. The Bertz CT molecular complexity index is 1130. The average Bonchev–Trinajstić information content (AvgIpc) is 3.18. The summed E-state index contributed by atoms with van der Waals surface area (Å²) in [6, 6.07) is 5.91. The third-order valence-electron chi connectivity index (χ3n) is 4.93. The van der Waals surface area contributed by atoms with Crippen LogP contribution in [0.4, 0.5) is 0 Å². The molecule has 27 heavy (non-hydrogen) atoms. The molecule has 0 fully saturated rings. The van der Waals surface area contributed by atoms with Gasteiger partial charge in [0.15, 0.2) is 5.16 Å². The summed E-state index contributed by atoms with van der Waals surface area (Å²) >= 11 is 2.61. The highest BCUT2D eigenvalue weighted by Gasteiger charge is 2.25. The molecule has 140 valence electrons. The lowest BCUT2D eigenvalue weighted by molar-refractivity contribution is -0.304. The lowest BCUT2D eigenvalue weighted by Crippen LogP contribution is -2.32. The highest BCUT2D eigenvalue weighted by Crippen LogP contribution is 2.36. The molecule has 2 heterocycles. The zero-order valence-corrected chi connectivity index (χ0v) is 17.0. The third kappa shape index (κ3) is 3.08. The summed E-state index contributed by atoms with van der Waals surface area (Å²) in [5.41, 5.74) is 3.73. The van der Waals surface area contributed by atoms with Crippen molar-refractivity contribution in [2.24, 2.45) is 0 Å². The van der Waals surface area contributed by atoms with Crippen molar-refractivity contribution in [3.05, 3.63) is 50.1 Å². The van der Waals surface area contributed by atoms with Crippen LogP contribution in [0.25, 0.3) is 15.9 Å². The number of carbonyl (C=O) groups excluding carboxylic acids is 1. The molecule has 0 aliphatic heterocycles. The van der Waals surface area contributed by atoms with Crippen LogP contribution in [-0.4, -0.2) is 20.8 Å². The Morgan fingerprint density at radius 2 is 2.11 bits per heavy atom. The van der Waals surface area contributed by atoms with E-state index in [1.54, 1.807) is 22.8 Å². The van der Waals surface area contributed by atoms with E-state index in [1.165, 1.54) is 4.88 Å². The molecule has 0 radical (unpaired) electrons. The number of carboxylic acid groups (broad SMARTS) is 1. The van der Waals surface area contributed by atoms with Crippen LogP contribution in [-0.2, 0) is 17.6 Å². The van der Waals surface area contributed by atoms with E-state index in [9.17, 15) is 14.7 Å². The van der Waals surface area contributed by atoms with E-state index in [0.29, 0.717) is 15.4 Å². The van der Waals surface area contributed by atoms with Crippen molar-refractivity contribution in [1.29, 1.82) is 0 Å². The van der Waals surface area contributed by atoms with E-state index in [2.05, 4.69) is 0 Å². The normalized spacial score (nSPS) is 14.5. The molecule has 1 atom stereocenters. The van der Waals surface area contributed by atoms with Crippen LogP contribution in [0.1, 0.15) is 34.9 Å². The smallest absolute Gasteiger partial charge is 0.267 e. The number of aryl methyl sites for hydroxylation is 4. The first-order chi connectivity index (χ1) is 12.9. The van der Waals surface area contributed by atoms with Crippen LogP contribution in [0.3, 0.4) is 0 Å². The first kappa shape index (κ1) is 18.3. The van der Waals surface area contributed by atoms with E-state index >= 15 is 0 Å². The molecular formula is C20H19N2O3S2-. The zero-order chi connectivity index (χ0) is 19.3. The van der Waals surface area contributed by atoms with Gasteiger partial charge in [0, 0.05) is 10.1 Å². The fraction of sp³-hybridized carbons (Fsp3) is 0.350. The number of hydrogen-bond donors (Lipinski definition) is 0.